The number of hydrogen-bond donors (Lipinski definition) is 2. The number of aliphatic imine (C=N–C) groups is 1. The maximum absolute atomic E-state index is 14.0. The fraction of sp³-hybridized carbons (Fsp3) is 0.481. The number of aliphatic carboxylic acids is 1. The molecule has 1 saturated heterocycles. The number of carboxylic acids is 1. The van der Waals surface area contributed by atoms with Crippen molar-refractivity contribution in [2.75, 3.05) is 19.7 Å². The maximum atomic E-state index is 14.0. The normalized spacial score (nSPS) is 25.7. The van der Waals surface area contributed by atoms with Crippen LogP contribution in [-0.2, 0) is 24.3 Å². The number of carboxylic acid groups (broad SMARTS) is 1. The van der Waals surface area contributed by atoms with Gasteiger partial charge in [-0.3, -0.25) is 9.79 Å². The zero-order valence-corrected chi connectivity index (χ0v) is 25.7. The summed E-state index contributed by atoms with van der Waals surface area (Å²) in [5.41, 5.74) is 0.436. The van der Waals surface area contributed by atoms with Gasteiger partial charge in [-0.2, -0.15) is 0 Å². The Kier molecular flexibility index (Phi) is 8.39. The van der Waals surface area contributed by atoms with Crippen LogP contribution in [0.4, 0.5) is 4.39 Å². The molecule has 0 radical (unpaired) electrons. The number of ether oxygens (including phenoxy) is 1. The predicted octanol–water partition coefficient (Wildman–Crippen LogP) is 4.25. The molecule has 3 heterocycles. The molecular formula is C27H30BrFN4O6S2. The molecule has 1 aliphatic carbocycles. The molecule has 1 aromatic heterocycles. The van der Waals surface area contributed by atoms with Crippen molar-refractivity contribution in [1.29, 1.82) is 0 Å². The summed E-state index contributed by atoms with van der Waals surface area (Å²) in [5, 5.41) is 14.4. The molecule has 0 spiro atoms. The van der Waals surface area contributed by atoms with Gasteiger partial charge in [-0.05, 0) is 57.2 Å². The van der Waals surface area contributed by atoms with Crippen molar-refractivity contribution in [3.63, 3.8) is 0 Å². The first kappa shape index (κ1) is 29.8. The van der Waals surface area contributed by atoms with Crippen LogP contribution >= 0.6 is 27.3 Å². The molecule has 14 heteroatoms. The first-order valence-electron chi connectivity index (χ1n) is 13.3. The summed E-state index contributed by atoms with van der Waals surface area (Å²) in [7, 11) is -3.66. The van der Waals surface area contributed by atoms with Crippen LogP contribution in [-0.4, -0.2) is 65.5 Å². The first-order chi connectivity index (χ1) is 19.4. The molecule has 2 fully saturated rings. The van der Waals surface area contributed by atoms with E-state index in [0.29, 0.717) is 39.4 Å². The summed E-state index contributed by atoms with van der Waals surface area (Å²) >= 11 is 4.80. The van der Waals surface area contributed by atoms with Crippen LogP contribution in [0.15, 0.2) is 50.5 Å². The molecule has 1 saturated carbocycles. The van der Waals surface area contributed by atoms with Gasteiger partial charge in [0.15, 0.2) is 10.8 Å². The van der Waals surface area contributed by atoms with Crippen LogP contribution < -0.4 is 5.32 Å². The lowest BCUT2D eigenvalue weighted by Crippen LogP contribution is -2.54. The van der Waals surface area contributed by atoms with Crippen molar-refractivity contribution in [2.45, 2.75) is 50.8 Å². The fourth-order valence-electron chi connectivity index (χ4n) is 5.66. The van der Waals surface area contributed by atoms with Crippen LogP contribution in [0.1, 0.15) is 56.1 Å². The number of nitrogens with one attached hydrogen (secondary N) is 1. The third-order valence-corrected chi connectivity index (χ3v) is 11.7. The summed E-state index contributed by atoms with van der Waals surface area (Å²) in [4.78, 5) is 34.1. The number of halogens is 2. The number of benzene rings is 1. The molecule has 2 aliphatic heterocycles. The van der Waals surface area contributed by atoms with Crippen LogP contribution in [0, 0.1) is 17.2 Å². The van der Waals surface area contributed by atoms with Crippen LogP contribution in [0.3, 0.4) is 0 Å². The Labute approximate surface area is 249 Å². The molecule has 10 nitrogen and oxygen atoms in total. The minimum absolute atomic E-state index is 0.0895. The van der Waals surface area contributed by atoms with Crippen LogP contribution in [0.25, 0.3) is 0 Å². The van der Waals surface area contributed by atoms with Crippen molar-refractivity contribution >= 4 is 55.1 Å². The van der Waals surface area contributed by atoms with E-state index in [4.69, 9.17) is 9.73 Å². The second-order valence-electron chi connectivity index (χ2n) is 10.7. The lowest BCUT2D eigenvalue weighted by molar-refractivity contribution is -0.152. The molecule has 0 unspecified atom stereocenters. The SMILES string of the molecule is CCOC(=O)C1=C(C2CCN(S(=O)(=O)C3CC(C)(C(=O)O)C3)CC2)NC(c2nccs2)=N[C@@H]1c1ccc(F)cc1Br. The lowest BCUT2D eigenvalue weighted by Gasteiger charge is -2.44. The molecule has 0 amide bonds. The number of sulfonamides is 1. The first-order valence-corrected chi connectivity index (χ1v) is 16.5. The third kappa shape index (κ3) is 5.71. The molecule has 0 bridgehead atoms. The van der Waals surface area contributed by atoms with Crippen LogP contribution in [0.5, 0.6) is 0 Å². The van der Waals surface area contributed by atoms with Gasteiger partial charge in [-0.1, -0.05) is 22.0 Å². The molecule has 2 N–H and O–H groups in total. The molecule has 3 aliphatic rings. The van der Waals surface area contributed by atoms with E-state index in [0.717, 1.165) is 0 Å². The van der Waals surface area contributed by atoms with E-state index in [2.05, 4.69) is 26.2 Å². The minimum atomic E-state index is -3.66. The average molecular weight is 670 g/mol. The number of nitrogens with zero attached hydrogens (tertiary/aromatic N) is 3. The molecule has 5 rings (SSSR count). The lowest BCUT2D eigenvalue weighted by atomic mass is 9.70. The fourth-order valence-corrected chi connectivity index (χ4v) is 9.11. The largest absolute Gasteiger partial charge is 0.481 e. The van der Waals surface area contributed by atoms with Gasteiger partial charge in [-0.25, -0.2) is 26.9 Å². The number of rotatable bonds is 8. The number of carbonyl (C=O) groups is 2. The smallest absolute Gasteiger partial charge is 0.338 e. The van der Waals surface area contributed by atoms with Gasteiger partial charge in [0.2, 0.25) is 10.0 Å². The quantitative estimate of drug-likeness (QED) is 0.398. The van der Waals surface area contributed by atoms with Gasteiger partial charge >= 0.3 is 11.9 Å². The summed E-state index contributed by atoms with van der Waals surface area (Å²) in [6, 6.07) is 3.39. The highest BCUT2D eigenvalue weighted by atomic mass is 79.9. The molecule has 1 aromatic carbocycles. The second kappa shape index (κ2) is 11.5. The van der Waals surface area contributed by atoms with E-state index in [-0.39, 0.29) is 44.0 Å². The van der Waals surface area contributed by atoms with E-state index >= 15 is 0 Å². The Hall–Kier alpha value is -2.68. The summed E-state index contributed by atoms with van der Waals surface area (Å²) < 4.78 is 47.9. The number of hydrogen-bond acceptors (Lipinski definition) is 9. The average Bonchev–Trinajstić information content (AvgIpc) is 3.46. The summed E-state index contributed by atoms with van der Waals surface area (Å²) in [5.74, 6) is -1.75. The molecule has 2 aromatic rings. The van der Waals surface area contributed by atoms with Crippen LogP contribution in [0.2, 0.25) is 0 Å². The van der Waals surface area contributed by atoms with E-state index in [1.165, 1.54) is 27.8 Å². The van der Waals surface area contributed by atoms with Crippen molar-refractivity contribution in [3.05, 3.63) is 61.9 Å². The standard InChI is InChI=1S/C27H30BrFN4O6S2/c1-3-39-25(34)20-21(15-6-9-33(10-7-15)41(37,38)17-13-27(2,14-17)26(35)36)31-23(24-30-8-11-40-24)32-22(20)18-5-4-16(29)12-19(18)28/h4-5,8,11-12,15,17,22H,3,6-7,9-10,13-14H2,1-2H3,(H,31,32)(H,35,36)/t17?,22-,27?/m1/s1. The van der Waals surface area contributed by atoms with Gasteiger partial charge in [0, 0.05) is 40.8 Å². The van der Waals surface area contributed by atoms with Gasteiger partial charge in [0.05, 0.1) is 22.8 Å². The Morgan fingerprint density at radius 2 is 2.00 bits per heavy atom. The second-order valence-corrected chi connectivity index (χ2v) is 14.6. The number of carbonyl (C=O) groups excluding carboxylic acids is 1. The summed E-state index contributed by atoms with van der Waals surface area (Å²) in [6.45, 7) is 3.87. The number of aromatic nitrogens is 1. The van der Waals surface area contributed by atoms with Gasteiger partial charge in [0.1, 0.15) is 11.9 Å². The Bertz CT molecular complexity index is 1510. The van der Waals surface area contributed by atoms with E-state index in [1.807, 2.05) is 5.38 Å². The number of amidine groups is 1. The van der Waals surface area contributed by atoms with E-state index in [1.54, 1.807) is 26.1 Å². The van der Waals surface area contributed by atoms with E-state index in [9.17, 15) is 27.5 Å². The molecule has 220 valence electrons. The van der Waals surface area contributed by atoms with Crippen molar-refractivity contribution in [1.82, 2.24) is 14.6 Å². The topological polar surface area (TPSA) is 138 Å². The summed E-state index contributed by atoms with van der Waals surface area (Å²) in [6.07, 6.45) is 2.68. The molecule has 41 heavy (non-hydrogen) atoms. The molecular weight excluding hydrogens is 639 g/mol. The van der Waals surface area contributed by atoms with Crippen molar-refractivity contribution in [3.8, 4) is 0 Å². The van der Waals surface area contributed by atoms with Crippen molar-refractivity contribution in [2.24, 2.45) is 16.3 Å². The predicted molar refractivity (Wildman–Crippen MR) is 154 cm³/mol. The Balaban J connectivity index is 1.46. The number of allylic oxidation sites excluding steroid dienone is 1. The number of thiazole rings is 1. The zero-order valence-electron chi connectivity index (χ0n) is 22.5. The Morgan fingerprint density at radius 1 is 1.29 bits per heavy atom. The van der Waals surface area contributed by atoms with Crippen molar-refractivity contribution < 1.29 is 32.2 Å². The Morgan fingerprint density at radius 3 is 2.59 bits per heavy atom. The maximum Gasteiger partial charge on any atom is 0.338 e. The highest BCUT2D eigenvalue weighted by Gasteiger charge is 2.53. The highest BCUT2D eigenvalue weighted by Crippen LogP contribution is 2.46. The highest BCUT2D eigenvalue weighted by molar-refractivity contribution is 9.10. The zero-order chi connectivity index (χ0) is 29.5. The monoisotopic (exact) mass is 668 g/mol. The minimum Gasteiger partial charge on any atom is -0.481 e. The van der Waals surface area contributed by atoms with Gasteiger partial charge in [0.25, 0.3) is 0 Å². The van der Waals surface area contributed by atoms with E-state index < -0.39 is 44.5 Å². The number of piperidine rings is 1. The number of esters is 1. The van der Waals surface area contributed by atoms with Gasteiger partial charge in [-0.15, -0.1) is 11.3 Å². The third-order valence-electron chi connectivity index (χ3n) is 7.98. The molecule has 1 atom stereocenters. The van der Waals surface area contributed by atoms with Gasteiger partial charge < -0.3 is 15.2 Å².